The van der Waals surface area contributed by atoms with Crippen molar-refractivity contribution in [2.75, 3.05) is 6.54 Å². The van der Waals surface area contributed by atoms with Gasteiger partial charge < -0.3 is 5.32 Å². The third-order valence-electron chi connectivity index (χ3n) is 2.96. The number of amides is 1. The predicted octanol–water partition coefficient (Wildman–Crippen LogP) is 3.60. The second-order valence-corrected chi connectivity index (χ2v) is 5.03. The third-order valence-corrected chi connectivity index (χ3v) is 3.41. The average Bonchev–Trinajstić information content (AvgIpc) is 2.46. The number of alkyl halides is 1. The van der Waals surface area contributed by atoms with Gasteiger partial charge in [-0.2, -0.15) is 0 Å². The monoisotopic (exact) mass is 309 g/mol. The number of carbonyl (C=O) groups is 1. The van der Waals surface area contributed by atoms with Crippen molar-refractivity contribution in [2.24, 2.45) is 0 Å². The Morgan fingerprint density at radius 2 is 1.71 bits per heavy atom. The summed E-state index contributed by atoms with van der Waals surface area (Å²) in [5.41, 5.74) is 1.19. The van der Waals surface area contributed by atoms with Crippen LogP contribution in [0, 0.1) is 11.6 Å². The first-order valence-electron chi connectivity index (χ1n) is 6.48. The van der Waals surface area contributed by atoms with Gasteiger partial charge in [0.15, 0.2) is 0 Å². The molecule has 1 unspecified atom stereocenters. The van der Waals surface area contributed by atoms with Crippen LogP contribution < -0.4 is 5.32 Å². The Hall–Kier alpha value is -1.94. The highest BCUT2D eigenvalue weighted by atomic mass is 35.5. The van der Waals surface area contributed by atoms with Gasteiger partial charge in [0.2, 0.25) is 5.91 Å². The molecular formula is C16H14ClF2NO. The first kappa shape index (κ1) is 15.4. The minimum Gasteiger partial charge on any atom is -0.354 e. The van der Waals surface area contributed by atoms with E-state index in [9.17, 15) is 13.6 Å². The molecule has 0 aliphatic rings. The lowest BCUT2D eigenvalue weighted by Gasteiger charge is -2.11. The third kappa shape index (κ3) is 4.53. The summed E-state index contributed by atoms with van der Waals surface area (Å²) in [5, 5.41) is 1.87. The molecule has 2 nitrogen and oxygen atoms in total. The van der Waals surface area contributed by atoms with E-state index in [-0.39, 0.29) is 12.5 Å². The van der Waals surface area contributed by atoms with E-state index in [4.69, 9.17) is 11.6 Å². The van der Waals surface area contributed by atoms with E-state index in [0.717, 1.165) is 6.07 Å². The van der Waals surface area contributed by atoms with Crippen LogP contribution in [0.1, 0.15) is 16.5 Å². The van der Waals surface area contributed by atoms with Crippen LogP contribution in [-0.4, -0.2) is 12.5 Å². The van der Waals surface area contributed by atoms with Gasteiger partial charge in [-0.1, -0.05) is 30.3 Å². The van der Waals surface area contributed by atoms with Gasteiger partial charge in [0.25, 0.3) is 0 Å². The fourth-order valence-electron chi connectivity index (χ4n) is 1.95. The smallest absolute Gasteiger partial charge is 0.242 e. The molecule has 2 aromatic carbocycles. The number of hydrogen-bond donors (Lipinski definition) is 1. The summed E-state index contributed by atoms with van der Waals surface area (Å²) in [6.07, 6.45) is 0.332. The molecule has 0 bridgehead atoms. The van der Waals surface area contributed by atoms with Gasteiger partial charge in [-0.15, -0.1) is 11.6 Å². The molecule has 110 valence electrons. The van der Waals surface area contributed by atoms with Crippen molar-refractivity contribution >= 4 is 17.5 Å². The molecular weight excluding hydrogens is 296 g/mol. The first-order valence-corrected chi connectivity index (χ1v) is 6.91. The molecule has 1 N–H and O–H groups in total. The Morgan fingerprint density at radius 1 is 1.10 bits per heavy atom. The van der Waals surface area contributed by atoms with E-state index in [1.165, 1.54) is 12.1 Å². The van der Waals surface area contributed by atoms with Crippen molar-refractivity contribution in [1.29, 1.82) is 0 Å². The summed E-state index contributed by atoms with van der Waals surface area (Å²) in [7, 11) is 0. The molecule has 0 spiro atoms. The Morgan fingerprint density at radius 3 is 2.33 bits per heavy atom. The van der Waals surface area contributed by atoms with Crippen molar-refractivity contribution in [3.63, 3.8) is 0 Å². The van der Waals surface area contributed by atoms with Gasteiger partial charge in [0.05, 0.1) is 0 Å². The highest BCUT2D eigenvalue weighted by Crippen LogP contribution is 2.19. The molecule has 0 radical (unpaired) electrons. The molecule has 0 saturated carbocycles. The molecule has 1 amide bonds. The first-order chi connectivity index (χ1) is 10.1. The van der Waals surface area contributed by atoms with E-state index < -0.39 is 17.0 Å². The molecule has 1 atom stereocenters. The van der Waals surface area contributed by atoms with Crippen LogP contribution in [-0.2, 0) is 11.2 Å². The molecule has 0 aromatic heterocycles. The Kier molecular flexibility index (Phi) is 5.28. The molecule has 2 aromatic rings. The summed E-state index contributed by atoms with van der Waals surface area (Å²) >= 11 is 6.06. The van der Waals surface area contributed by atoms with Gasteiger partial charge in [0.1, 0.15) is 17.0 Å². The van der Waals surface area contributed by atoms with Crippen molar-refractivity contribution in [2.45, 2.75) is 11.8 Å². The van der Waals surface area contributed by atoms with Crippen LogP contribution in [0.3, 0.4) is 0 Å². The average molecular weight is 310 g/mol. The number of nitrogens with one attached hydrogen (secondary N) is 1. The maximum atomic E-state index is 13.0. The maximum Gasteiger partial charge on any atom is 0.242 e. The SMILES string of the molecule is O=C(NCCc1cc(F)cc(F)c1)C(Cl)c1ccccc1. The van der Waals surface area contributed by atoms with Crippen molar-refractivity contribution in [1.82, 2.24) is 5.32 Å². The van der Waals surface area contributed by atoms with Crippen molar-refractivity contribution < 1.29 is 13.6 Å². The summed E-state index contributed by atoms with van der Waals surface area (Å²) < 4.78 is 26.0. The lowest BCUT2D eigenvalue weighted by Crippen LogP contribution is -2.28. The maximum absolute atomic E-state index is 13.0. The van der Waals surface area contributed by atoms with E-state index >= 15 is 0 Å². The normalized spacial score (nSPS) is 12.0. The number of halogens is 3. The highest BCUT2D eigenvalue weighted by molar-refractivity contribution is 6.30. The second kappa shape index (κ2) is 7.18. The van der Waals surface area contributed by atoms with Crippen LogP contribution in [0.2, 0.25) is 0 Å². The summed E-state index contributed by atoms with van der Waals surface area (Å²) in [4.78, 5) is 11.9. The van der Waals surface area contributed by atoms with E-state index in [1.807, 2.05) is 6.07 Å². The fourth-order valence-corrected chi connectivity index (χ4v) is 2.17. The molecule has 2 rings (SSSR count). The zero-order valence-corrected chi connectivity index (χ0v) is 11.9. The van der Waals surface area contributed by atoms with E-state index in [0.29, 0.717) is 17.5 Å². The van der Waals surface area contributed by atoms with Gasteiger partial charge in [0, 0.05) is 12.6 Å². The van der Waals surface area contributed by atoms with Gasteiger partial charge in [-0.05, 0) is 29.7 Å². The van der Waals surface area contributed by atoms with Crippen molar-refractivity contribution in [3.8, 4) is 0 Å². The topological polar surface area (TPSA) is 29.1 Å². The minimum absolute atomic E-state index is 0.262. The van der Waals surface area contributed by atoms with Crippen LogP contribution >= 0.6 is 11.6 Å². The highest BCUT2D eigenvalue weighted by Gasteiger charge is 2.16. The number of benzene rings is 2. The molecule has 0 aliphatic carbocycles. The molecule has 0 aliphatic heterocycles. The summed E-state index contributed by atoms with van der Waals surface area (Å²) in [6.45, 7) is 0.262. The lowest BCUT2D eigenvalue weighted by atomic mass is 10.1. The fraction of sp³-hybridized carbons (Fsp3) is 0.188. The van der Waals surface area contributed by atoms with Gasteiger partial charge in [-0.25, -0.2) is 8.78 Å². The van der Waals surface area contributed by atoms with Gasteiger partial charge >= 0.3 is 0 Å². The van der Waals surface area contributed by atoms with Crippen molar-refractivity contribution in [3.05, 3.63) is 71.3 Å². The lowest BCUT2D eigenvalue weighted by molar-refractivity contribution is -0.120. The Bertz CT molecular complexity index is 599. The van der Waals surface area contributed by atoms with Crippen LogP contribution in [0.5, 0.6) is 0 Å². The van der Waals surface area contributed by atoms with E-state index in [2.05, 4.69) is 5.32 Å². The predicted molar refractivity (Wildman–Crippen MR) is 78.1 cm³/mol. The van der Waals surface area contributed by atoms with E-state index in [1.54, 1.807) is 24.3 Å². The minimum atomic E-state index is -0.782. The molecule has 0 heterocycles. The quantitative estimate of drug-likeness (QED) is 0.840. The van der Waals surface area contributed by atoms with Crippen LogP contribution in [0.15, 0.2) is 48.5 Å². The standard InChI is InChI=1S/C16H14ClF2NO/c17-15(12-4-2-1-3-5-12)16(21)20-7-6-11-8-13(18)10-14(19)9-11/h1-5,8-10,15H,6-7H2,(H,20,21). The van der Waals surface area contributed by atoms with Gasteiger partial charge in [-0.3, -0.25) is 4.79 Å². The largest absolute Gasteiger partial charge is 0.354 e. The zero-order valence-electron chi connectivity index (χ0n) is 11.2. The van der Waals surface area contributed by atoms with Crippen LogP contribution in [0.4, 0.5) is 8.78 Å². The molecule has 0 fully saturated rings. The Balaban J connectivity index is 1.87. The zero-order chi connectivity index (χ0) is 15.2. The summed E-state index contributed by atoms with van der Waals surface area (Å²) in [6, 6.07) is 12.3. The summed E-state index contributed by atoms with van der Waals surface area (Å²) in [5.74, 6) is -1.59. The Labute approximate surface area is 126 Å². The number of carbonyl (C=O) groups excluding carboxylic acids is 1. The molecule has 5 heteroatoms. The molecule has 0 saturated heterocycles. The van der Waals surface area contributed by atoms with Crippen LogP contribution in [0.25, 0.3) is 0 Å². The molecule has 21 heavy (non-hydrogen) atoms. The number of rotatable bonds is 5. The number of hydrogen-bond acceptors (Lipinski definition) is 1. The second-order valence-electron chi connectivity index (χ2n) is 4.59.